The Kier molecular flexibility index (Phi) is 5.05. The lowest BCUT2D eigenvalue weighted by molar-refractivity contribution is 0.115. The average Bonchev–Trinajstić information content (AvgIpc) is 2.18. The first kappa shape index (κ1) is 12.5. The van der Waals surface area contributed by atoms with Crippen LogP contribution in [0.25, 0.3) is 0 Å². The molecule has 0 aliphatic heterocycles. The van der Waals surface area contributed by atoms with Gasteiger partial charge >= 0.3 is 0 Å². The predicted octanol–water partition coefficient (Wildman–Crippen LogP) is 1.30. The minimum Gasteiger partial charge on any atom is -0.395 e. The fourth-order valence-electron chi connectivity index (χ4n) is 1.40. The molecule has 0 aliphatic rings. The summed E-state index contributed by atoms with van der Waals surface area (Å²) in [6, 6.07) is 7.23. The van der Waals surface area contributed by atoms with Crippen molar-refractivity contribution in [1.82, 2.24) is 4.90 Å². The number of halogens is 1. The highest BCUT2D eigenvalue weighted by molar-refractivity contribution is 6.31. The molecular formula is C11H16ClNO2. The second-order valence-corrected chi connectivity index (χ2v) is 3.93. The maximum absolute atomic E-state index is 9.89. The smallest absolute Gasteiger partial charge is 0.0931 e. The van der Waals surface area contributed by atoms with Gasteiger partial charge in [-0.05, 0) is 13.1 Å². The lowest BCUT2D eigenvalue weighted by Gasteiger charge is -2.20. The molecule has 0 aromatic heterocycles. The Balaban J connectivity index is 2.61. The Hall–Kier alpha value is -0.610. The van der Waals surface area contributed by atoms with E-state index in [0.29, 0.717) is 18.1 Å². The van der Waals surface area contributed by atoms with Gasteiger partial charge in [-0.2, -0.15) is 0 Å². The minimum atomic E-state index is -0.616. The van der Waals surface area contributed by atoms with E-state index in [-0.39, 0.29) is 6.61 Å². The molecule has 0 radical (unpaired) electrons. The van der Waals surface area contributed by atoms with Crippen LogP contribution in [0.4, 0.5) is 0 Å². The normalized spacial score (nSPS) is 13.1. The molecule has 0 spiro atoms. The van der Waals surface area contributed by atoms with Crippen LogP contribution in [0.2, 0.25) is 5.02 Å². The van der Waals surface area contributed by atoms with E-state index in [2.05, 4.69) is 0 Å². The summed E-state index contributed by atoms with van der Waals surface area (Å²) in [5, 5.41) is 19.2. The first-order valence-corrected chi connectivity index (χ1v) is 5.25. The van der Waals surface area contributed by atoms with Crippen molar-refractivity contribution in [2.24, 2.45) is 0 Å². The maximum atomic E-state index is 9.89. The number of hydrogen-bond donors (Lipinski definition) is 2. The molecule has 0 saturated carbocycles. The minimum absolute atomic E-state index is 0.0890. The number of hydrogen-bond acceptors (Lipinski definition) is 3. The highest BCUT2D eigenvalue weighted by atomic mass is 35.5. The summed E-state index contributed by atoms with van der Waals surface area (Å²) in [4.78, 5) is 1.86. The van der Waals surface area contributed by atoms with Crippen molar-refractivity contribution in [3.63, 3.8) is 0 Å². The highest BCUT2D eigenvalue weighted by Crippen LogP contribution is 2.22. The van der Waals surface area contributed by atoms with Crippen LogP contribution in [-0.4, -0.2) is 41.9 Å². The molecule has 1 aromatic carbocycles. The summed E-state index contributed by atoms with van der Waals surface area (Å²) in [6.45, 7) is 1.09. The van der Waals surface area contributed by atoms with Gasteiger partial charge in [-0.15, -0.1) is 0 Å². The molecule has 1 atom stereocenters. The predicted molar refractivity (Wildman–Crippen MR) is 61.0 cm³/mol. The van der Waals surface area contributed by atoms with E-state index < -0.39 is 6.10 Å². The van der Waals surface area contributed by atoms with Crippen molar-refractivity contribution >= 4 is 11.6 Å². The number of nitrogens with zero attached hydrogens (tertiary/aromatic N) is 1. The SMILES string of the molecule is CN(CCO)CC(O)c1ccccc1Cl. The van der Waals surface area contributed by atoms with Gasteiger partial charge in [0, 0.05) is 23.7 Å². The lowest BCUT2D eigenvalue weighted by atomic mass is 10.1. The van der Waals surface area contributed by atoms with Crippen molar-refractivity contribution < 1.29 is 10.2 Å². The van der Waals surface area contributed by atoms with Gasteiger partial charge in [0.15, 0.2) is 0 Å². The molecule has 3 nitrogen and oxygen atoms in total. The molecule has 0 heterocycles. The molecule has 0 saturated heterocycles. The molecule has 1 unspecified atom stereocenters. The largest absolute Gasteiger partial charge is 0.395 e. The van der Waals surface area contributed by atoms with Crippen LogP contribution in [-0.2, 0) is 0 Å². The van der Waals surface area contributed by atoms with Gasteiger partial charge in [-0.3, -0.25) is 0 Å². The van der Waals surface area contributed by atoms with Gasteiger partial charge in [-0.1, -0.05) is 29.8 Å². The van der Waals surface area contributed by atoms with Gasteiger partial charge in [0.25, 0.3) is 0 Å². The molecular weight excluding hydrogens is 214 g/mol. The van der Waals surface area contributed by atoms with Crippen LogP contribution in [0, 0.1) is 0 Å². The Morgan fingerprint density at radius 2 is 2.07 bits per heavy atom. The third kappa shape index (κ3) is 3.80. The zero-order valence-electron chi connectivity index (χ0n) is 8.73. The Labute approximate surface area is 94.9 Å². The number of likely N-dealkylation sites (N-methyl/N-ethyl adjacent to an activating group) is 1. The molecule has 1 rings (SSSR count). The van der Waals surface area contributed by atoms with E-state index in [1.807, 2.05) is 24.1 Å². The van der Waals surface area contributed by atoms with Gasteiger partial charge in [0.05, 0.1) is 12.7 Å². The maximum Gasteiger partial charge on any atom is 0.0931 e. The number of aliphatic hydroxyl groups is 2. The van der Waals surface area contributed by atoms with Crippen LogP contribution in [0.3, 0.4) is 0 Å². The molecule has 0 fully saturated rings. The topological polar surface area (TPSA) is 43.7 Å². The molecule has 1 aromatic rings. The summed E-state index contributed by atoms with van der Waals surface area (Å²) in [6.07, 6.45) is -0.616. The third-order valence-electron chi connectivity index (χ3n) is 2.23. The molecule has 2 N–H and O–H groups in total. The first-order valence-electron chi connectivity index (χ1n) is 4.87. The summed E-state index contributed by atoms with van der Waals surface area (Å²) >= 11 is 5.95. The van der Waals surface area contributed by atoms with Gasteiger partial charge in [0.2, 0.25) is 0 Å². The van der Waals surface area contributed by atoms with Crippen LogP contribution in [0.5, 0.6) is 0 Å². The van der Waals surface area contributed by atoms with E-state index in [4.69, 9.17) is 16.7 Å². The van der Waals surface area contributed by atoms with Crippen molar-refractivity contribution in [2.45, 2.75) is 6.10 Å². The molecule has 0 aliphatic carbocycles. The molecule has 0 amide bonds. The number of rotatable bonds is 5. The molecule has 15 heavy (non-hydrogen) atoms. The zero-order chi connectivity index (χ0) is 11.3. The van der Waals surface area contributed by atoms with Gasteiger partial charge in [-0.25, -0.2) is 0 Å². The summed E-state index contributed by atoms with van der Waals surface area (Å²) < 4.78 is 0. The van der Waals surface area contributed by atoms with Gasteiger partial charge in [0.1, 0.15) is 0 Å². The van der Waals surface area contributed by atoms with Crippen LogP contribution >= 0.6 is 11.6 Å². The zero-order valence-corrected chi connectivity index (χ0v) is 9.48. The van der Waals surface area contributed by atoms with Crippen LogP contribution in [0.1, 0.15) is 11.7 Å². The first-order chi connectivity index (χ1) is 7.15. The van der Waals surface area contributed by atoms with Crippen molar-refractivity contribution in [3.05, 3.63) is 34.9 Å². The van der Waals surface area contributed by atoms with Crippen LogP contribution < -0.4 is 0 Å². The van der Waals surface area contributed by atoms with E-state index in [1.54, 1.807) is 12.1 Å². The van der Waals surface area contributed by atoms with E-state index in [1.165, 1.54) is 0 Å². The van der Waals surface area contributed by atoms with Crippen LogP contribution in [0.15, 0.2) is 24.3 Å². The second-order valence-electron chi connectivity index (χ2n) is 3.52. The molecule has 84 valence electrons. The molecule has 4 heteroatoms. The number of aliphatic hydroxyl groups excluding tert-OH is 2. The van der Waals surface area contributed by atoms with E-state index in [9.17, 15) is 5.11 Å². The molecule has 0 bridgehead atoms. The second kappa shape index (κ2) is 6.08. The summed E-state index contributed by atoms with van der Waals surface area (Å²) in [5.41, 5.74) is 0.726. The van der Waals surface area contributed by atoms with E-state index >= 15 is 0 Å². The van der Waals surface area contributed by atoms with Crippen molar-refractivity contribution in [3.8, 4) is 0 Å². The Morgan fingerprint density at radius 1 is 1.40 bits per heavy atom. The third-order valence-corrected chi connectivity index (χ3v) is 2.57. The number of benzene rings is 1. The Morgan fingerprint density at radius 3 is 2.67 bits per heavy atom. The van der Waals surface area contributed by atoms with Crippen molar-refractivity contribution in [1.29, 1.82) is 0 Å². The standard InChI is InChI=1S/C11H16ClNO2/c1-13(6-7-14)8-11(15)9-4-2-3-5-10(9)12/h2-5,11,14-15H,6-8H2,1H3. The summed E-state index contributed by atoms with van der Waals surface area (Å²) in [7, 11) is 1.84. The fourth-order valence-corrected chi connectivity index (χ4v) is 1.66. The van der Waals surface area contributed by atoms with E-state index in [0.717, 1.165) is 5.56 Å². The quantitative estimate of drug-likeness (QED) is 0.800. The fraction of sp³-hybridized carbons (Fsp3) is 0.455. The monoisotopic (exact) mass is 229 g/mol. The average molecular weight is 230 g/mol. The highest BCUT2D eigenvalue weighted by Gasteiger charge is 2.12. The lowest BCUT2D eigenvalue weighted by Crippen LogP contribution is -2.27. The van der Waals surface area contributed by atoms with Gasteiger partial charge < -0.3 is 15.1 Å². The Bertz CT molecular complexity index is 306. The van der Waals surface area contributed by atoms with Crippen molar-refractivity contribution in [2.75, 3.05) is 26.7 Å². The summed E-state index contributed by atoms with van der Waals surface area (Å²) in [5.74, 6) is 0.